The maximum atomic E-state index is 5.81. The molecule has 1 aromatic rings. The maximum Gasteiger partial charge on any atom is 0.143 e. The van der Waals surface area contributed by atoms with Gasteiger partial charge in [0.2, 0.25) is 0 Å². The van der Waals surface area contributed by atoms with E-state index in [-0.39, 0.29) is 0 Å². The number of nitrogens with one attached hydrogen (secondary N) is 1. The predicted octanol–water partition coefficient (Wildman–Crippen LogP) is 2.01. The molecule has 1 aromatic heterocycles. The fourth-order valence-corrected chi connectivity index (χ4v) is 2.73. The number of hydrogen-bond acceptors (Lipinski definition) is 4. The first kappa shape index (κ1) is 12.0. The van der Waals surface area contributed by atoms with E-state index in [2.05, 4.69) is 37.9 Å². The highest BCUT2D eigenvalue weighted by Gasteiger charge is 2.24. The van der Waals surface area contributed by atoms with Gasteiger partial charge in [0.1, 0.15) is 12.1 Å². The van der Waals surface area contributed by atoms with Gasteiger partial charge in [-0.1, -0.05) is 12.8 Å². The molecule has 2 rings (SSSR count). The Morgan fingerprint density at radius 2 is 2.25 bits per heavy atom. The first-order chi connectivity index (χ1) is 7.81. The van der Waals surface area contributed by atoms with Crippen molar-refractivity contribution < 1.29 is 0 Å². The second-order valence-corrected chi connectivity index (χ2v) is 5.41. The molecule has 1 heterocycles. The molecule has 0 aliphatic heterocycles. The Bertz CT molecular complexity index is 345. The Hall–Kier alpha value is -0.430. The van der Waals surface area contributed by atoms with E-state index in [0.29, 0.717) is 12.0 Å². The van der Waals surface area contributed by atoms with Gasteiger partial charge in [-0.15, -0.1) is 0 Å². The summed E-state index contributed by atoms with van der Waals surface area (Å²) in [6.07, 6.45) is 8.44. The summed E-state index contributed by atoms with van der Waals surface area (Å²) in [6, 6.07) is 0.474. The van der Waals surface area contributed by atoms with Crippen LogP contribution in [0.3, 0.4) is 0 Å². The summed E-state index contributed by atoms with van der Waals surface area (Å²) in [5, 5.41) is 3.51. The number of aromatic nitrogens is 2. The van der Waals surface area contributed by atoms with Crippen LogP contribution in [0.5, 0.6) is 0 Å². The van der Waals surface area contributed by atoms with Crippen LogP contribution in [0.4, 0.5) is 5.82 Å². The highest BCUT2D eigenvalue weighted by molar-refractivity contribution is 14.1. The summed E-state index contributed by atoms with van der Waals surface area (Å²) in [4.78, 5) is 8.26. The minimum Gasteiger partial charge on any atom is -0.366 e. The Morgan fingerprint density at radius 1 is 1.44 bits per heavy atom. The molecule has 0 bridgehead atoms. The summed E-state index contributed by atoms with van der Waals surface area (Å²) in [5.41, 5.74) is 5.81. The summed E-state index contributed by atoms with van der Waals surface area (Å²) in [6.45, 7) is 0.763. The van der Waals surface area contributed by atoms with Crippen molar-refractivity contribution in [1.29, 1.82) is 0 Å². The van der Waals surface area contributed by atoms with Crippen LogP contribution in [0.2, 0.25) is 0 Å². The lowest BCUT2D eigenvalue weighted by Crippen LogP contribution is -2.37. The van der Waals surface area contributed by atoms with Crippen molar-refractivity contribution in [2.24, 2.45) is 11.7 Å². The highest BCUT2D eigenvalue weighted by atomic mass is 127. The normalized spacial score (nSPS) is 25.4. The van der Waals surface area contributed by atoms with E-state index in [4.69, 9.17) is 5.73 Å². The van der Waals surface area contributed by atoms with E-state index in [1.807, 2.05) is 6.20 Å². The van der Waals surface area contributed by atoms with Gasteiger partial charge in [0, 0.05) is 12.2 Å². The number of anilines is 1. The molecule has 1 aliphatic carbocycles. The fourth-order valence-electron chi connectivity index (χ4n) is 2.27. The molecule has 0 aromatic carbocycles. The van der Waals surface area contributed by atoms with E-state index >= 15 is 0 Å². The molecule has 16 heavy (non-hydrogen) atoms. The maximum absolute atomic E-state index is 5.81. The van der Waals surface area contributed by atoms with Crippen LogP contribution >= 0.6 is 22.6 Å². The Labute approximate surface area is 110 Å². The van der Waals surface area contributed by atoms with E-state index in [1.54, 1.807) is 6.33 Å². The van der Waals surface area contributed by atoms with Crippen LogP contribution in [0.15, 0.2) is 12.5 Å². The van der Waals surface area contributed by atoms with Crippen LogP contribution in [-0.4, -0.2) is 22.6 Å². The van der Waals surface area contributed by atoms with Crippen LogP contribution in [0.25, 0.3) is 0 Å². The summed E-state index contributed by atoms with van der Waals surface area (Å²) in [5.74, 6) is 1.53. The summed E-state index contributed by atoms with van der Waals surface area (Å²) in [7, 11) is 0. The third-order valence-corrected chi connectivity index (χ3v) is 3.99. The standard InChI is InChI=1S/C11H17IN4/c12-9-6-14-7-15-11(9)16-10-4-2-1-3-8(10)5-13/h6-8,10H,1-5,13H2,(H,14,15,16). The minimum atomic E-state index is 0.474. The molecule has 2 atom stereocenters. The van der Waals surface area contributed by atoms with Crippen molar-refractivity contribution in [2.75, 3.05) is 11.9 Å². The smallest absolute Gasteiger partial charge is 0.143 e. The van der Waals surface area contributed by atoms with Crippen molar-refractivity contribution in [3.8, 4) is 0 Å². The molecule has 0 amide bonds. The van der Waals surface area contributed by atoms with Crippen molar-refractivity contribution in [3.05, 3.63) is 16.1 Å². The van der Waals surface area contributed by atoms with E-state index in [1.165, 1.54) is 25.7 Å². The van der Waals surface area contributed by atoms with Crippen LogP contribution in [0, 0.1) is 9.49 Å². The average molecular weight is 332 g/mol. The topological polar surface area (TPSA) is 63.8 Å². The number of rotatable bonds is 3. The average Bonchev–Trinajstić information content (AvgIpc) is 2.33. The zero-order valence-corrected chi connectivity index (χ0v) is 11.4. The van der Waals surface area contributed by atoms with E-state index in [9.17, 15) is 0 Å². The molecule has 0 spiro atoms. The zero-order valence-electron chi connectivity index (χ0n) is 9.19. The largest absolute Gasteiger partial charge is 0.366 e. The van der Waals surface area contributed by atoms with Gasteiger partial charge in [-0.05, 0) is 47.9 Å². The van der Waals surface area contributed by atoms with Gasteiger partial charge >= 0.3 is 0 Å². The van der Waals surface area contributed by atoms with Gasteiger partial charge in [-0.3, -0.25) is 0 Å². The van der Waals surface area contributed by atoms with Crippen molar-refractivity contribution >= 4 is 28.4 Å². The Balaban J connectivity index is 2.05. The molecular formula is C11H17IN4. The molecule has 0 saturated heterocycles. The highest BCUT2D eigenvalue weighted by Crippen LogP contribution is 2.27. The minimum absolute atomic E-state index is 0.474. The molecule has 2 unspecified atom stereocenters. The van der Waals surface area contributed by atoms with E-state index in [0.717, 1.165) is 15.9 Å². The van der Waals surface area contributed by atoms with Crippen molar-refractivity contribution in [3.63, 3.8) is 0 Å². The molecule has 1 saturated carbocycles. The van der Waals surface area contributed by atoms with Crippen LogP contribution in [-0.2, 0) is 0 Å². The first-order valence-electron chi connectivity index (χ1n) is 5.73. The van der Waals surface area contributed by atoms with Crippen molar-refractivity contribution in [2.45, 2.75) is 31.7 Å². The van der Waals surface area contributed by atoms with Crippen LogP contribution in [0.1, 0.15) is 25.7 Å². The van der Waals surface area contributed by atoms with Gasteiger partial charge in [0.25, 0.3) is 0 Å². The number of nitrogens with zero attached hydrogens (tertiary/aromatic N) is 2. The summed E-state index contributed by atoms with van der Waals surface area (Å²) < 4.78 is 1.07. The molecule has 1 aliphatic rings. The quantitative estimate of drug-likeness (QED) is 0.831. The fraction of sp³-hybridized carbons (Fsp3) is 0.636. The molecule has 0 radical (unpaired) electrons. The molecule has 88 valence electrons. The second kappa shape index (κ2) is 5.77. The number of nitrogens with two attached hydrogens (primary N) is 1. The third-order valence-electron chi connectivity index (χ3n) is 3.20. The SMILES string of the molecule is NCC1CCCCC1Nc1ncncc1I. The van der Waals surface area contributed by atoms with Gasteiger partial charge < -0.3 is 11.1 Å². The molecular weight excluding hydrogens is 315 g/mol. The van der Waals surface area contributed by atoms with Gasteiger partial charge in [0.15, 0.2) is 0 Å². The first-order valence-corrected chi connectivity index (χ1v) is 6.81. The number of halogens is 1. The third kappa shape index (κ3) is 2.82. The Kier molecular flexibility index (Phi) is 4.34. The van der Waals surface area contributed by atoms with E-state index < -0.39 is 0 Å². The molecule has 1 fully saturated rings. The zero-order chi connectivity index (χ0) is 11.4. The monoisotopic (exact) mass is 332 g/mol. The van der Waals surface area contributed by atoms with Crippen LogP contribution < -0.4 is 11.1 Å². The lowest BCUT2D eigenvalue weighted by Gasteiger charge is -2.31. The summed E-state index contributed by atoms with van der Waals surface area (Å²) >= 11 is 2.26. The number of hydrogen-bond donors (Lipinski definition) is 2. The molecule has 3 N–H and O–H groups in total. The molecule has 5 heteroatoms. The lowest BCUT2D eigenvalue weighted by molar-refractivity contribution is 0.332. The van der Waals surface area contributed by atoms with Gasteiger partial charge in [-0.2, -0.15) is 0 Å². The molecule has 4 nitrogen and oxygen atoms in total. The second-order valence-electron chi connectivity index (χ2n) is 4.25. The predicted molar refractivity (Wildman–Crippen MR) is 73.2 cm³/mol. The van der Waals surface area contributed by atoms with Gasteiger partial charge in [0.05, 0.1) is 3.57 Å². The lowest BCUT2D eigenvalue weighted by atomic mass is 9.84. The Morgan fingerprint density at radius 3 is 3.00 bits per heavy atom. The van der Waals surface area contributed by atoms with Crippen molar-refractivity contribution in [1.82, 2.24) is 9.97 Å². The van der Waals surface area contributed by atoms with Gasteiger partial charge in [-0.25, -0.2) is 9.97 Å².